The Hall–Kier alpha value is -3.05. The summed E-state index contributed by atoms with van der Waals surface area (Å²) < 4.78 is 41.2. The van der Waals surface area contributed by atoms with Crippen molar-refractivity contribution in [2.75, 3.05) is 6.61 Å². The lowest BCUT2D eigenvalue weighted by Gasteiger charge is -2.50. The highest BCUT2D eigenvalue weighted by Gasteiger charge is 2.56. The molecule has 1 aliphatic heterocycles. The maximum atomic E-state index is 13.4. The van der Waals surface area contributed by atoms with E-state index in [-0.39, 0.29) is 10.7 Å². The van der Waals surface area contributed by atoms with E-state index in [0.29, 0.717) is 5.56 Å². The maximum absolute atomic E-state index is 13.4. The van der Waals surface area contributed by atoms with Gasteiger partial charge in [0.2, 0.25) is 10.0 Å². The van der Waals surface area contributed by atoms with Crippen LogP contribution in [0.3, 0.4) is 0 Å². The Kier molecular flexibility index (Phi) is 5.63. The molecule has 1 aliphatic rings. The van der Waals surface area contributed by atoms with Gasteiger partial charge < -0.3 is 5.11 Å². The van der Waals surface area contributed by atoms with Crippen molar-refractivity contribution in [3.8, 4) is 17.2 Å². The number of nitriles is 1. The highest BCUT2D eigenvalue weighted by molar-refractivity contribution is 7.89. The molecular weight excluding hydrogens is 415 g/mol. The maximum Gasteiger partial charge on any atom is 0.244 e. The molecule has 0 aromatic heterocycles. The zero-order valence-electron chi connectivity index (χ0n) is 16.8. The van der Waals surface area contributed by atoms with E-state index in [2.05, 4.69) is 6.07 Å². The smallest absolute Gasteiger partial charge is 0.244 e. The minimum absolute atomic E-state index is 0.124. The molecule has 3 aromatic carbocycles. The second kappa shape index (κ2) is 8.23. The molecule has 31 heavy (non-hydrogen) atoms. The first-order valence-electron chi connectivity index (χ1n) is 9.84. The Morgan fingerprint density at radius 3 is 2.32 bits per heavy atom. The topological polar surface area (TPSA) is 81.4 Å². The van der Waals surface area contributed by atoms with Crippen LogP contribution in [0, 0.1) is 24.1 Å². The molecule has 0 unspecified atom stereocenters. The Balaban J connectivity index is 1.78. The molecule has 1 fully saturated rings. The first-order valence-corrected chi connectivity index (χ1v) is 11.3. The average Bonchev–Trinajstić information content (AvgIpc) is 2.75. The summed E-state index contributed by atoms with van der Waals surface area (Å²) in [7, 11) is -3.98. The van der Waals surface area contributed by atoms with Gasteiger partial charge in [0, 0.05) is 5.92 Å². The van der Waals surface area contributed by atoms with Gasteiger partial charge in [-0.15, -0.1) is 0 Å². The highest BCUT2D eigenvalue weighted by Crippen LogP contribution is 2.46. The number of aliphatic hydroxyl groups excluding tert-OH is 1. The van der Waals surface area contributed by atoms with Gasteiger partial charge in [-0.2, -0.15) is 9.57 Å². The lowest BCUT2D eigenvalue weighted by atomic mass is 9.75. The molecule has 3 atom stereocenters. The van der Waals surface area contributed by atoms with Crippen LogP contribution in [0.5, 0.6) is 0 Å². The van der Waals surface area contributed by atoms with E-state index in [1.165, 1.54) is 18.2 Å². The number of halogens is 1. The Morgan fingerprint density at radius 2 is 1.68 bits per heavy atom. The summed E-state index contributed by atoms with van der Waals surface area (Å²) in [5, 5.41) is 20.0. The predicted octanol–water partition coefficient (Wildman–Crippen LogP) is 3.84. The van der Waals surface area contributed by atoms with Crippen molar-refractivity contribution in [2.45, 2.75) is 29.8 Å². The number of benzene rings is 3. The molecule has 0 aliphatic carbocycles. The van der Waals surface area contributed by atoms with Crippen molar-refractivity contribution in [1.29, 1.82) is 5.26 Å². The zero-order valence-corrected chi connectivity index (χ0v) is 17.6. The molecule has 3 aromatic rings. The predicted molar refractivity (Wildman–Crippen MR) is 115 cm³/mol. The third-order valence-electron chi connectivity index (χ3n) is 5.80. The zero-order chi connectivity index (χ0) is 22.2. The van der Waals surface area contributed by atoms with E-state index in [0.717, 1.165) is 21.0 Å². The van der Waals surface area contributed by atoms with E-state index in [9.17, 15) is 23.2 Å². The molecule has 4 rings (SSSR count). The van der Waals surface area contributed by atoms with E-state index in [1.807, 2.05) is 24.3 Å². The quantitative estimate of drug-likeness (QED) is 0.659. The molecule has 1 N–H and O–H groups in total. The first-order chi connectivity index (χ1) is 14.9. The number of aliphatic hydroxyl groups is 1. The molecule has 0 radical (unpaired) electrons. The molecule has 1 saturated heterocycles. The Morgan fingerprint density at radius 1 is 1.03 bits per heavy atom. The summed E-state index contributed by atoms with van der Waals surface area (Å²) in [6, 6.07) is 20.3. The lowest BCUT2D eigenvalue weighted by molar-refractivity contribution is 0.0559. The summed E-state index contributed by atoms with van der Waals surface area (Å²) in [4.78, 5) is 0.124. The van der Waals surface area contributed by atoms with Crippen molar-refractivity contribution in [3.05, 3.63) is 89.7 Å². The van der Waals surface area contributed by atoms with Crippen molar-refractivity contribution in [2.24, 2.45) is 0 Å². The normalized spacial score (nSPS) is 21.3. The summed E-state index contributed by atoms with van der Waals surface area (Å²) in [5.41, 5.74) is 2.85. The van der Waals surface area contributed by atoms with Crippen LogP contribution in [0.4, 0.5) is 4.39 Å². The van der Waals surface area contributed by atoms with Crippen LogP contribution in [0.1, 0.15) is 17.0 Å². The first kappa shape index (κ1) is 21.2. The molecule has 0 saturated carbocycles. The minimum atomic E-state index is -3.98. The van der Waals surface area contributed by atoms with Gasteiger partial charge in [0.05, 0.1) is 23.6 Å². The number of hydrogen-bond donors (Lipinski definition) is 1. The van der Waals surface area contributed by atoms with Crippen molar-refractivity contribution in [3.63, 3.8) is 0 Å². The van der Waals surface area contributed by atoms with E-state index >= 15 is 0 Å². The van der Waals surface area contributed by atoms with Crippen LogP contribution >= 0.6 is 0 Å². The van der Waals surface area contributed by atoms with E-state index in [4.69, 9.17) is 0 Å². The number of hydrogen-bond acceptors (Lipinski definition) is 4. The third kappa shape index (κ3) is 3.53. The fourth-order valence-corrected chi connectivity index (χ4v) is 6.29. The lowest BCUT2D eigenvalue weighted by Crippen LogP contribution is -2.65. The van der Waals surface area contributed by atoms with Gasteiger partial charge in [0.15, 0.2) is 0 Å². The third-order valence-corrected chi connectivity index (χ3v) is 7.87. The standard InChI is InChI=1S/C24H21FN2O3S/c1-16-6-2-5-9-23(16)31(29,30)27-21(14-26)24(22(27)15-28)20-8-4-3-7-19(20)17-10-12-18(25)13-11-17/h2-13,21-22,24,28H,15H2,1H3/t21-,22+,24-/m1/s1. The number of rotatable bonds is 5. The Bertz CT molecular complexity index is 1250. The van der Waals surface area contributed by atoms with Crippen LogP contribution in [0.25, 0.3) is 11.1 Å². The SMILES string of the molecule is Cc1ccccc1S(=O)(=O)N1[C@H](C#N)[C@@H](c2ccccc2-c2ccc(F)cc2)[C@@H]1CO. The number of aryl methyl sites for hydroxylation is 1. The largest absolute Gasteiger partial charge is 0.395 e. The van der Waals surface area contributed by atoms with Gasteiger partial charge in [-0.1, -0.05) is 54.6 Å². The molecule has 5 nitrogen and oxygen atoms in total. The minimum Gasteiger partial charge on any atom is -0.395 e. The summed E-state index contributed by atoms with van der Waals surface area (Å²) in [5.74, 6) is -0.876. The molecule has 7 heteroatoms. The second-order valence-corrected chi connectivity index (χ2v) is 9.36. The fourth-order valence-electron chi connectivity index (χ4n) is 4.31. The Labute approximate surface area is 181 Å². The van der Waals surface area contributed by atoms with Crippen LogP contribution in [0.2, 0.25) is 0 Å². The molecule has 1 heterocycles. The van der Waals surface area contributed by atoms with Gasteiger partial charge >= 0.3 is 0 Å². The molecule has 0 bridgehead atoms. The average molecular weight is 437 g/mol. The van der Waals surface area contributed by atoms with Crippen LogP contribution in [0.15, 0.2) is 77.7 Å². The van der Waals surface area contributed by atoms with E-state index in [1.54, 1.807) is 37.3 Å². The second-order valence-electron chi connectivity index (χ2n) is 7.54. The fraction of sp³-hybridized carbons (Fsp3) is 0.208. The van der Waals surface area contributed by atoms with Gasteiger partial charge in [0.1, 0.15) is 11.9 Å². The van der Waals surface area contributed by atoms with Crippen LogP contribution < -0.4 is 0 Å². The molecule has 0 spiro atoms. The van der Waals surface area contributed by atoms with Gasteiger partial charge in [0.25, 0.3) is 0 Å². The summed E-state index contributed by atoms with van der Waals surface area (Å²) in [6.07, 6.45) is 0. The monoisotopic (exact) mass is 436 g/mol. The number of nitrogens with zero attached hydrogens (tertiary/aromatic N) is 2. The van der Waals surface area contributed by atoms with E-state index < -0.39 is 34.6 Å². The summed E-state index contributed by atoms with van der Waals surface area (Å²) in [6.45, 7) is 1.27. The van der Waals surface area contributed by atoms with Gasteiger partial charge in [-0.3, -0.25) is 0 Å². The van der Waals surface area contributed by atoms with Gasteiger partial charge in [-0.05, 0) is 47.4 Å². The van der Waals surface area contributed by atoms with Crippen molar-refractivity contribution >= 4 is 10.0 Å². The van der Waals surface area contributed by atoms with Crippen molar-refractivity contribution < 1.29 is 17.9 Å². The van der Waals surface area contributed by atoms with Gasteiger partial charge in [-0.25, -0.2) is 12.8 Å². The number of sulfonamides is 1. The van der Waals surface area contributed by atoms with Crippen LogP contribution in [-0.2, 0) is 10.0 Å². The molecule has 0 amide bonds. The molecular formula is C24H21FN2O3S. The molecule has 158 valence electrons. The highest BCUT2D eigenvalue weighted by atomic mass is 32.2. The van der Waals surface area contributed by atoms with Crippen LogP contribution in [-0.4, -0.2) is 36.5 Å². The van der Waals surface area contributed by atoms with Crippen molar-refractivity contribution in [1.82, 2.24) is 4.31 Å². The summed E-state index contributed by atoms with van der Waals surface area (Å²) >= 11 is 0.